The van der Waals surface area contributed by atoms with Crippen molar-refractivity contribution in [1.82, 2.24) is 0 Å². The van der Waals surface area contributed by atoms with Gasteiger partial charge >= 0.3 is 0 Å². The average molecular weight is 204 g/mol. The Morgan fingerprint density at radius 3 is 2.33 bits per heavy atom. The van der Waals surface area contributed by atoms with Crippen LogP contribution in [-0.4, -0.2) is 6.04 Å². The molecule has 4 N–H and O–H groups in total. The molecule has 82 valence electrons. The van der Waals surface area contributed by atoms with Gasteiger partial charge in [0.1, 0.15) is 0 Å². The molecule has 2 nitrogen and oxygen atoms in total. The fourth-order valence-electron chi connectivity index (χ4n) is 2.93. The summed E-state index contributed by atoms with van der Waals surface area (Å²) in [5, 5.41) is 0. The van der Waals surface area contributed by atoms with Crippen molar-refractivity contribution in [1.29, 1.82) is 0 Å². The SMILES string of the molecule is CC(N)C1(c2ccccc2N)CCCC1. The highest BCUT2D eigenvalue weighted by molar-refractivity contribution is 5.51. The number of para-hydroxylation sites is 1. The van der Waals surface area contributed by atoms with Crippen LogP contribution in [0.15, 0.2) is 24.3 Å². The van der Waals surface area contributed by atoms with Crippen molar-refractivity contribution < 1.29 is 0 Å². The molecule has 1 atom stereocenters. The van der Waals surface area contributed by atoms with Crippen LogP contribution >= 0.6 is 0 Å². The van der Waals surface area contributed by atoms with Gasteiger partial charge in [-0.2, -0.15) is 0 Å². The van der Waals surface area contributed by atoms with E-state index in [9.17, 15) is 0 Å². The number of anilines is 1. The molecule has 1 aromatic carbocycles. The largest absolute Gasteiger partial charge is 0.398 e. The van der Waals surface area contributed by atoms with Crippen LogP contribution in [0.25, 0.3) is 0 Å². The minimum absolute atomic E-state index is 0.130. The van der Waals surface area contributed by atoms with Crippen molar-refractivity contribution in [2.75, 3.05) is 5.73 Å². The highest BCUT2D eigenvalue weighted by atomic mass is 14.7. The fraction of sp³-hybridized carbons (Fsp3) is 0.538. The number of hydrogen-bond acceptors (Lipinski definition) is 2. The van der Waals surface area contributed by atoms with E-state index in [2.05, 4.69) is 19.1 Å². The first-order valence-corrected chi connectivity index (χ1v) is 5.77. The van der Waals surface area contributed by atoms with E-state index in [-0.39, 0.29) is 11.5 Å². The number of benzene rings is 1. The molecule has 1 aliphatic carbocycles. The molecule has 2 heteroatoms. The molecule has 0 heterocycles. The molecule has 0 aliphatic heterocycles. The lowest BCUT2D eigenvalue weighted by Gasteiger charge is -2.34. The first-order chi connectivity index (χ1) is 7.17. The highest BCUT2D eigenvalue weighted by Crippen LogP contribution is 2.45. The maximum Gasteiger partial charge on any atom is 0.0352 e. The van der Waals surface area contributed by atoms with Crippen LogP contribution in [0.2, 0.25) is 0 Å². The van der Waals surface area contributed by atoms with Crippen molar-refractivity contribution in [2.45, 2.75) is 44.1 Å². The quantitative estimate of drug-likeness (QED) is 0.727. The summed E-state index contributed by atoms with van der Waals surface area (Å²) in [4.78, 5) is 0. The normalized spacial score (nSPS) is 21.5. The number of hydrogen-bond donors (Lipinski definition) is 2. The van der Waals surface area contributed by atoms with Gasteiger partial charge in [0.05, 0.1) is 0 Å². The van der Waals surface area contributed by atoms with Gasteiger partial charge in [-0.15, -0.1) is 0 Å². The van der Waals surface area contributed by atoms with Crippen LogP contribution in [0.1, 0.15) is 38.2 Å². The summed E-state index contributed by atoms with van der Waals surface area (Å²) in [5.41, 5.74) is 14.5. The summed E-state index contributed by atoms with van der Waals surface area (Å²) in [7, 11) is 0. The van der Waals surface area contributed by atoms with Gasteiger partial charge in [0, 0.05) is 17.1 Å². The fourth-order valence-corrected chi connectivity index (χ4v) is 2.93. The zero-order valence-corrected chi connectivity index (χ0v) is 9.37. The number of nitrogen functional groups attached to an aromatic ring is 1. The predicted octanol–water partition coefficient (Wildman–Crippen LogP) is 2.43. The Bertz CT molecular complexity index is 338. The first-order valence-electron chi connectivity index (χ1n) is 5.77. The standard InChI is InChI=1S/C13H20N2/c1-10(14)13(8-4-5-9-13)11-6-2-3-7-12(11)15/h2-3,6-7,10H,4-5,8-9,14-15H2,1H3. The van der Waals surface area contributed by atoms with Crippen molar-refractivity contribution in [3.63, 3.8) is 0 Å². The molecule has 1 aromatic rings. The van der Waals surface area contributed by atoms with Crippen LogP contribution in [0.4, 0.5) is 5.69 Å². The Morgan fingerprint density at radius 1 is 1.20 bits per heavy atom. The number of rotatable bonds is 2. The van der Waals surface area contributed by atoms with Crippen LogP contribution < -0.4 is 11.5 Å². The zero-order valence-electron chi connectivity index (χ0n) is 9.37. The highest BCUT2D eigenvalue weighted by Gasteiger charge is 2.39. The summed E-state index contributed by atoms with van der Waals surface area (Å²) in [6, 6.07) is 8.36. The van der Waals surface area contributed by atoms with Crippen LogP contribution in [0.5, 0.6) is 0 Å². The second-order valence-electron chi connectivity index (χ2n) is 4.74. The average Bonchev–Trinajstić information content (AvgIpc) is 2.68. The van der Waals surface area contributed by atoms with Crippen LogP contribution in [0, 0.1) is 0 Å². The Hall–Kier alpha value is -1.02. The van der Waals surface area contributed by atoms with Gasteiger partial charge in [0.25, 0.3) is 0 Å². The Balaban J connectivity index is 2.46. The predicted molar refractivity (Wildman–Crippen MR) is 64.6 cm³/mol. The molecule has 0 saturated heterocycles. The van der Waals surface area contributed by atoms with Gasteiger partial charge in [0.2, 0.25) is 0 Å². The second-order valence-corrected chi connectivity index (χ2v) is 4.74. The summed E-state index contributed by atoms with van der Waals surface area (Å²) in [6.07, 6.45) is 4.91. The monoisotopic (exact) mass is 204 g/mol. The van der Waals surface area contributed by atoms with Crippen LogP contribution in [-0.2, 0) is 5.41 Å². The van der Waals surface area contributed by atoms with E-state index < -0.39 is 0 Å². The second kappa shape index (κ2) is 3.86. The topological polar surface area (TPSA) is 52.0 Å². The van der Waals surface area contributed by atoms with E-state index in [0.29, 0.717) is 0 Å². The van der Waals surface area contributed by atoms with Crippen molar-refractivity contribution in [3.8, 4) is 0 Å². The Labute approximate surface area is 91.7 Å². The molecule has 0 aromatic heterocycles. The van der Waals surface area contributed by atoms with Crippen molar-refractivity contribution in [3.05, 3.63) is 29.8 Å². The minimum Gasteiger partial charge on any atom is -0.398 e. The zero-order chi connectivity index (χ0) is 10.9. The van der Waals surface area contributed by atoms with Crippen molar-refractivity contribution in [2.24, 2.45) is 5.73 Å². The van der Waals surface area contributed by atoms with E-state index in [1.54, 1.807) is 0 Å². The van der Waals surface area contributed by atoms with E-state index >= 15 is 0 Å². The molecule has 0 radical (unpaired) electrons. The molecule has 2 rings (SSSR count). The third-order valence-electron chi connectivity index (χ3n) is 3.86. The van der Waals surface area contributed by atoms with E-state index in [1.165, 1.54) is 31.2 Å². The van der Waals surface area contributed by atoms with Gasteiger partial charge in [-0.05, 0) is 31.4 Å². The molecule has 1 unspecified atom stereocenters. The Morgan fingerprint density at radius 2 is 1.80 bits per heavy atom. The summed E-state index contributed by atoms with van der Waals surface area (Å²) < 4.78 is 0. The van der Waals surface area contributed by atoms with Gasteiger partial charge in [-0.25, -0.2) is 0 Å². The van der Waals surface area contributed by atoms with E-state index in [4.69, 9.17) is 11.5 Å². The molecule has 0 bridgehead atoms. The lowest BCUT2D eigenvalue weighted by atomic mass is 9.73. The molecular formula is C13H20N2. The molecule has 0 amide bonds. The van der Waals surface area contributed by atoms with E-state index in [0.717, 1.165) is 5.69 Å². The summed E-state index contributed by atoms with van der Waals surface area (Å²) >= 11 is 0. The number of nitrogens with two attached hydrogens (primary N) is 2. The van der Waals surface area contributed by atoms with Crippen LogP contribution in [0.3, 0.4) is 0 Å². The third kappa shape index (κ3) is 1.63. The summed E-state index contributed by atoms with van der Waals surface area (Å²) in [5.74, 6) is 0. The van der Waals surface area contributed by atoms with Gasteiger partial charge in [0.15, 0.2) is 0 Å². The molecule has 1 saturated carbocycles. The van der Waals surface area contributed by atoms with Gasteiger partial charge in [-0.3, -0.25) is 0 Å². The lowest BCUT2D eigenvalue weighted by molar-refractivity contribution is 0.370. The van der Waals surface area contributed by atoms with Gasteiger partial charge < -0.3 is 11.5 Å². The first kappa shape index (κ1) is 10.5. The summed E-state index contributed by atoms with van der Waals surface area (Å²) in [6.45, 7) is 2.11. The molecule has 15 heavy (non-hydrogen) atoms. The molecule has 1 aliphatic rings. The lowest BCUT2D eigenvalue weighted by Crippen LogP contribution is -2.41. The minimum atomic E-state index is 0.130. The molecule has 1 fully saturated rings. The van der Waals surface area contributed by atoms with Gasteiger partial charge in [-0.1, -0.05) is 31.0 Å². The molecule has 0 spiro atoms. The molecular weight excluding hydrogens is 184 g/mol. The Kier molecular flexibility index (Phi) is 2.70. The van der Waals surface area contributed by atoms with Crippen molar-refractivity contribution >= 4 is 5.69 Å². The third-order valence-corrected chi connectivity index (χ3v) is 3.86. The maximum atomic E-state index is 6.18. The smallest absolute Gasteiger partial charge is 0.0352 e. The maximum absolute atomic E-state index is 6.18. The van der Waals surface area contributed by atoms with E-state index in [1.807, 2.05) is 12.1 Å².